The molecule has 0 fully saturated rings. The number of anilines is 1. The van der Waals surface area contributed by atoms with Crippen LogP contribution in [-0.2, 0) is 16.1 Å². The number of halogens is 1. The van der Waals surface area contributed by atoms with E-state index >= 15 is 0 Å². The van der Waals surface area contributed by atoms with Gasteiger partial charge in [-0.25, -0.2) is 4.39 Å². The first-order valence-electron chi connectivity index (χ1n) is 8.30. The number of carbonyl (C=O) groups excluding carboxylic acids is 2. The molecular formula is C19H19FN4O3. The van der Waals surface area contributed by atoms with Crippen molar-refractivity contribution < 1.29 is 18.7 Å². The number of amides is 2. The van der Waals surface area contributed by atoms with Gasteiger partial charge in [0.25, 0.3) is 5.91 Å². The smallest absolute Gasteiger partial charge is 0.267 e. The molecule has 0 radical (unpaired) electrons. The summed E-state index contributed by atoms with van der Waals surface area (Å²) in [6.45, 7) is 0.305. The molecule has 2 aromatic carbocycles. The summed E-state index contributed by atoms with van der Waals surface area (Å²) in [4.78, 5) is 24.2. The largest absolute Gasteiger partial charge is 0.497 e. The average molecular weight is 370 g/mol. The average Bonchev–Trinajstić information content (AvgIpc) is 3.13. The van der Waals surface area contributed by atoms with E-state index in [9.17, 15) is 14.0 Å². The van der Waals surface area contributed by atoms with Crippen molar-refractivity contribution in [3.63, 3.8) is 0 Å². The Hall–Kier alpha value is -3.42. The van der Waals surface area contributed by atoms with E-state index in [0.29, 0.717) is 12.2 Å². The van der Waals surface area contributed by atoms with E-state index in [1.165, 1.54) is 29.3 Å². The molecule has 3 N–H and O–H groups in total. The Bertz CT molecular complexity index is 866. The van der Waals surface area contributed by atoms with Crippen LogP contribution in [0, 0.1) is 5.82 Å². The second-order valence-corrected chi connectivity index (χ2v) is 6.02. The Morgan fingerprint density at radius 1 is 1.22 bits per heavy atom. The number of nitrogens with two attached hydrogens (primary N) is 1. The quantitative estimate of drug-likeness (QED) is 0.807. The van der Waals surface area contributed by atoms with Gasteiger partial charge in [-0.3, -0.25) is 14.6 Å². The van der Waals surface area contributed by atoms with Crippen LogP contribution in [0.4, 0.5) is 10.1 Å². The normalized spacial score (nSPS) is 16.0. The van der Waals surface area contributed by atoms with Gasteiger partial charge in [-0.1, -0.05) is 12.1 Å². The number of nitrogens with zero attached hydrogens (tertiary/aromatic N) is 2. The molecule has 0 saturated heterocycles. The Balaban J connectivity index is 1.70. The van der Waals surface area contributed by atoms with E-state index in [-0.39, 0.29) is 18.0 Å². The molecule has 1 atom stereocenters. The number of nitrogens with one attached hydrogen (secondary N) is 1. The van der Waals surface area contributed by atoms with Crippen molar-refractivity contribution in [2.75, 3.05) is 12.1 Å². The number of ether oxygens (including phenoxy) is 1. The highest BCUT2D eigenvalue weighted by Crippen LogP contribution is 2.25. The molecule has 1 unspecified atom stereocenters. The summed E-state index contributed by atoms with van der Waals surface area (Å²) in [5.74, 6) is -0.679. The summed E-state index contributed by atoms with van der Waals surface area (Å²) in [6.07, 6.45) is 0.0845. The predicted octanol–water partition coefficient (Wildman–Crippen LogP) is 1.57. The van der Waals surface area contributed by atoms with E-state index < -0.39 is 17.8 Å². The highest BCUT2D eigenvalue weighted by atomic mass is 19.1. The van der Waals surface area contributed by atoms with Crippen LogP contribution in [-0.4, -0.2) is 30.7 Å². The third-order valence-electron chi connectivity index (χ3n) is 4.20. The molecule has 0 spiro atoms. The van der Waals surface area contributed by atoms with Gasteiger partial charge in [0.2, 0.25) is 5.91 Å². The summed E-state index contributed by atoms with van der Waals surface area (Å²) in [5, 5.41) is 8.35. The van der Waals surface area contributed by atoms with Crippen molar-refractivity contribution in [2.24, 2.45) is 10.8 Å². The zero-order valence-electron chi connectivity index (χ0n) is 14.7. The monoisotopic (exact) mass is 370 g/mol. The van der Waals surface area contributed by atoms with E-state index in [2.05, 4.69) is 10.4 Å². The highest BCUT2D eigenvalue weighted by Gasteiger charge is 2.34. The lowest BCUT2D eigenvalue weighted by molar-refractivity contribution is -0.119. The Morgan fingerprint density at radius 3 is 2.48 bits per heavy atom. The van der Waals surface area contributed by atoms with E-state index in [1.807, 2.05) is 12.1 Å². The van der Waals surface area contributed by atoms with Crippen LogP contribution in [0.3, 0.4) is 0 Å². The summed E-state index contributed by atoms with van der Waals surface area (Å²) in [5.41, 5.74) is 7.01. The minimum atomic E-state index is -0.794. The van der Waals surface area contributed by atoms with Crippen LogP contribution in [0.25, 0.3) is 0 Å². The highest BCUT2D eigenvalue weighted by molar-refractivity contribution is 6.40. The maximum absolute atomic E-state index is 13.1. The van der Waals surface area contributed by atoms with Crippen molar-refractivity contribution >= 4 is 23.2 Å². The van der Waals surface area contributed by atoms with Crippen molar-refractivity contribution in [1.29, 1.82) is 0 Å². The molecule has 0 aliphatic carbocycles. The summed E-state index contributed by atoms with van der Waals surface area (Å²) >= 11 is 0. The van der Waals surface area contributed by atoms with Gasteiger partial charge in [0.15, 0.2) is 0 Å². The van der Waals surface area contributed by atoms with Gasteiger partial charge >= 0.3 is 0 Å². The fourth-order valence-electron chi connectivity index (χ4n) is 2.73. The predicted molar refractivity (Wildman–Crippen MR) is 98.8 cm³/mol. The third-order valence-corrected chi connectivity index (χ3v) is 4.20. The van der Waals surface area contributed by atoms with Crippen LogP contribution in [0.2, 0.25) is 0 Å². The Morgan fingerprint density at radius 2 is 1.89 bits per heavy atom. The SMILES string of the molecule is COc1ccc(CNC(=O)C2=NN(c3ccc(F)cc3)C(C(N)=O)C2)cc1. The molecule has 1 aliphatic rings. The van der Waals surface area contributed by atoms with Crippen LogP contribution < -0.4 is 20.8 Å². The van der Waals surface area contributed by atoms with E-state index in [4.69, 9.17) is 10.5 Å². The second-order valence-electron chi connectivity index (χ2n) is 6.02. The van der Waals surface area contributed by atoms with Crippen LogP contribution >= 0.6 is 0 Å². The summed E-state index contributed by atoms with van der Waals surface area (Å²) in [7, 11) is 1.58. The zero-order valence-corrected chi connectivity index (χ0v) is 14.7. The second kappa shape index (κ2) is 7.86. The molecule has 0 saturated carbocycles. The van der Waals surface area contributed by atoms with Crippen molar-refractivity contribution in [2.45, 2.75) is 19.0 Å². The molecule has 0 bridgehead atoms. The maximum Gasteiger partial charge on any atom is 0.267 e. The van der Waals surface area contributed by atoms with Crippen molar-refractivity contribution in [1.82, 2.24) is 5.32 Å². The Kier molecular flexibility index (Phi) is 5.35. The molecule has 1 aliphatic heterocycles. The third kappa shape index (κ3) is 4.22. The topological polar surface area (TPSA) is 97.0 Å². The number of hydrazone groups is 1. The lowest BCUT2D eigenvalue weighted by Crippen LogP contribution is -2.39. The number of primary amides is 1. The van der Waals surface area contributed by atoms with Crippen LogP contribution in [0.5, 0.6) is 5.75 Å². The standard InChI is InChI=1S/C19H19FN4O3/c1-27-15-8-2-12(3-9-15)11-22-19(26)16-10-17(18(21)25)24(23-16)14-6-4-13(20)5-7-14/h2-9,17H,10-11H2,1H3,(H2,21,25)(H,22,26). The van der Waals surface area contributed by atoms with Gasteiger partial charge in [0.1, 0.15) is 23.3 Å². The Labute approximate surface area is 155 Å². The molecule has 2 amide bonds. The van der Waals surface area contributed by atoms with Gasteiger partial charge in [-0.15, -0.1) is 0 Å². The van der Waals surface area contributed by atoms with Gasteiger partial charge in [-0.2, -0.15) is 5.10 Å². The number of rotatable bonds is 6. The number of hydrogen-bond acceptors (Lipinski definition) is 5. The zero-order chi connectivity index (χ0) is 19.4. The van der Waals surface area contributed by atoms with Gasteiger partial charge in [0, 0.05) is 13.0 Å². The first-order chi connectivity index (χ1) is 13.0. The fourth-order valence-corrected chi connectivity index (χ4v) is 2.73. The van der Waals surface area contributed by atoms with Gasteiger partial charge < -0.3 is 15.8 Å². The molecule has 8 heteroatoms. The summed E-state index contributed by atoms with van der Waals surface area (Å²) in [6, 6.07) is 12.0. The molecule has 0 aromatic heterocycles. The van der Waals surface area contributed by atoms with Crippen LogP contribution in [0.1, 0.15) is 12.0 Å². The van der Waals surface area contributed by atoms with Gasteiger partial charge in [0.05, 0.1) is 12.8 Å². The minimum Gasteiger partial charge on any atom is -0.497 e. The molecule has 3 rings (SSSR count). The molecule has 2 aromatic rings. The van der Waals surface area contributed by atoms with E-state index in [1.54, 1.807) is 19.2 Å². The lowest BCUT2D eigenvalue weighted by Gasteiger charge is -2.20. The number of hydrogen-bond donors (Lipinski definition) is 2. The molecule has 7 nitrogen and oxygen atoms in total. The number of benzene rings is 2. The molecule has 1 heterocycles. The first kappa shape index (κ1) is 18.4. The first-order valence-corrected chi connectivity index (χ1v) is 8.30. The van der Waals surface area contributed by atoms with Crippen LogP contribution in [0.15, 0.2) is 53.6 Å². The van der Waals surface area contributed by atoms with E-state index in [0.717, 1.165) is 11.3 Å². The maximum atomic E-state index is 13.1. The lowest BCUT2D eigenvalue weighted by atomic mass is 10.1. The molecule has 27 heavy (non-hydrogen) atoms. The molecular weight excluding hydrogens is 351 g/mol. The summed E-state index contributed by atoms with van der Waals surface area (Å²) < 4.78 is 18.2. The number of methoxy groups -OCH3 is 1. The van der Waals surface area contributed by atoms with Crippen molar-refractivity contribution in [3.05, 3.63) is 59.9 Å². The van der Waals surface area contributed by atoms with Crippen molar-refractivity contribution in [3.8, 4) is 5.75 Å². The van der Waals surface area contributed by atoms with Gasteiger partial charge in [-0.05, 0) is 42.0 Å². The number of carbonyl (C=O) groups is 2. The molecule has 140 valence electrons. The minimum absolute atomic E-state index is 0.0845. The fraction of sp³-hybridized carbons (Fsp3) is 0.211.